The van der Waals surface area contributed by atoms with Crippen molar-refractivity contribution in [1.29, 1.82) is 0 Å². The molecule has 20 heavy (non-hydrogen) atoms. The summed E-state index contributed by atoms with van der Waals surface area (Å²) in [6.07, 6.45) is 3.92. The van der Waals surface area contributed by atoms with Crippen molar-refractivity contribution in [3.8, 4) is 0 Å². The van der Waals surface area contributed by atoms with E-state index in [4.69, 9.17) is 4.74 Å². The van der Waals surface area contributed by atoms with Gasteiger partial charge in [0.2, 0.25) is 0 Å². The van der Waals surface area contributed by atoms with Crippen LogP contribution in [0.3, 0.4) is 0 Å². The van der Waals surface area contributed by atoms with E-state index < -0.39 is 0 Å². The quantitative estimate of drug-likeness (QED) is 0.873. The summed E-state index contributed by atoms with van der Waals surface area (Å²) in [5.74, 6) is 0.441. The van der Waals surface area contributed by atoms with Gasteiger partial charge in [-0.15, -0.1) is 0 Å². The average molecular weight is 272 g/mol. The van der Waals surface area contributed by atoms with Gasteiger partial charge in [0.1, 0.15) is 0 Å². The molecule has 0 aliphatic heterocycles. The molecule has 0 fully saturated rings. The normalized spacial score (nSPS) is 14.7. The van der Waals surface area contributed by atoms with E-state index in [1.54, 1.807) is 7.11 Å². The van der Waals surface area contributed by atoms with E-state index in [0.29, 0.717) is 5.92 Å². The van der Waals surface area contributed by atoms with Crippen LogP contribution in [0.25, 0.3) is 10.8 Å². The Bertz CT molecular complexity index is 548. The molecule has 2 atom stereocenters. The summed E-state index contributed by atoms with van der Waals surface area (Å²) >= 11 is 0. The van der Waals surface area contributed by atoms with Gasteiger partial charge in [0, 0.05) is 24.9 Å². The Labute approximate surface area is 121 Å². The number of nitrogens with one attached hydrogen (secondary N) is 1. The van der Waals surface area contributed by atoms with Crippen molar-refractivity contribution in [3.05, 3.63) is 42.2 Å². The predicted molar refractivity (Wildman–Crippen MR) is 83.8 cm³/mol. The average Bonchev–Trinajstić information content (AvgIpc) is 2.46. The maximum atomic E-state index is 5.75. The van der Waals surface area contributed by atoms with E-state index in [1.165, 1.54) is 16.3 Å². The largest absolute Gasteiger partial charge is 0.379 e. The zero-order valence-electron chi connectivity index (χ0n) is 12.8. The van der Waals surface area contributed by atoms with E-state index in [0.717, 1.165) is 6.54 Å². The van der Waals surface area contributed by atoms with Crippen LogP contribution in [0.5, 0.6) is 0 Å². The summed E-state index contributed by atoms with van der Waals surface area (Å²) in [7, 11) is 1.79. The summed E-state index contributed by atoms with van der Waals surface area (Å²) in [6.45, 7) is 7.43. The molecule has 0 spiro atoms. The molecule has 2 aromatic rings. The second-order valence-corrected chi connectivity index (χ2v) is 5.42. The van der Waals surface area contributed by atoms with Gasteiger partial charge in [-0.25, -0.2) is 0 Å². The van der Waals surface area contributed by atoms with Crippen molar-refractivity contribution in [2.45, 2.75) is 32.9 Å². The Morgan fingerprint density at radius 1 is 1.25 bits per heavy atom. The van der Waals surface area contributed by atoms with Crippen LogP contribution < -0.4 is 5.32 Å². The lowest BCUT2D eigenvalue weighted by Gasteiger charge is -2.30. The Balaban J connectivity index is 2.51. The minimum absolute atomic E-state index is 0.140. The molecule has 0 aliphatic carbocycles. The summed E-state index contributed by atoms with van der Waals surface area (Å²) < 4.78 is 5.75. The second kappa shape index (κ2) is 6.82. The molecular formula is C17H24N2O. The first-order valence-electron chi connectivity index (χ1n) is 7.27. The van der Waals surface area contributed by atoms with Crippen LogP contribution in [0.15, 0.2) is 36.7 Å². The van der Waals surface area contributed by atoms with Crippen molar-refractivity contribution in [3.63, 3.8) is 0 Å². The fraction of sp³-hybridized carbons (Fsp3) is 0.471. The van der Waals surface area contributed by atoms with Crippen LogP contribution in [-0.4, -0.2) is 24.7 Å². The summed E-state index contributed by atoms with van der Waals surface area (Å²) in [5.41, 5.74) is 1.26. The van der Waals surface area contributed by atoms with Crippen molar-refractivity contribution in [1.82, 2.24) is 10.3 Å². The molecular weight excluding hydrogens is 248 g/mol. The number of methoxy groups -OCH3 is 1. The van der Waals surface area contributed by atoms with E-state index >= 15 is 0 Å². The van der Waals surface area contributed by atoms with Gasteiger partial charge in [-0.2, -0.15) is 0 Å². The number of nitrogens with zero attached hydrogens (tertiary/aromatic N) is 1. The Morgan fingerprint density at radius 3 is 2.70 bits per heavy atom. The highest BCUT2D eigenvalue weighted by Gasteiger charge is 2.26. The molecule has 2 unspecified atom stereocenters. The maximum Gasteiger partial charge on any atom is 0.0788 e. The molecule has 2 rings (SSSR count). The number of rotatable bonds is 6. The Hall–Kier alpha value is -1.45. The van der Waals surface area contributed by atoms with Crippen molar-refractivity contribution >= 4 is 10.8 Å². The third-order valence-electron chi connectivity index (χ3n) is 3.73. The number of hydrogen-bond acceptors (Lipinski definition) is 3. The molecule has 108 valence electrons. The number of likely N-dealkylation sites (N-methyl/N-ethyl adjacent to an activating group) is 1. The lowest BCUT2D eigenvalue weighted by Crippen LogP contribution is -2.36. The van der Waals surface area contributed by atoms with Gasteiger partial charge in [0.05, 0.1) is 12.1 Å². The minimum atomic E-state index is 0.140. The molecule has 3 nitrogen and oxygen atoms in total. The topological polar surface area (TPSA) is 34.2 Å². The Morgan fingerprint density at radius 2 is 2.05 bits per heavy atom. The monoisotopic (exact) mass is 272 g/mol. The SMILES string of the molecule is CCNC(c1cccc2ccncc12)C(OC)C(C)C. The van der Waals surface area contributed by atoms with Crippen LogP contribution in [0.1, 0.15) is 32.4 Å². The van der Waals surface area contributed by atoms with Crippen molar-refractivity contribution < 1.29 is 4.74 Å². The van der Waals surface area contributed by atoms with Gasteiger partial charge in [0.25, 0.3) is 0 Å². The number of hydrogen-bond donors (Lipinski definition) is 1. The van der Waals surface area contributed by atoms with E-state index in [1.807, 2.05) is 12.4 Å². The first-order chi connectivity index (χ1) is 9.69. The molecule has 0 aliphatic rings. The van der Waals surface area contributed by atoms with E-state index in [2.05, 4.69) is 55.3 Å². The number of ether oxygens (including phenoxy) is 1. The molecule has 0 amide bonds. The highest BCUT2D eigenvalue weighted by molar-refractivity contribution is 5.85. The standard InChI is InChI=1S/C17H24N2O/c1-5-19-16(17(20-4)12(2)3)14-8-6-7-13-9-10-18-11-15(13)14/h6-12,16-17,19H,5H2,1-4H3. The van der Waals surface area contributed by atoms with Crippen molar-refractivity contribution in [2.24, 2.45) is 5.92 Å². The van der Waals surface area contributed by atoms with Gasteiger partial charge in [-0.05, 0) is 29.5 Å². The smallest absolute Gasteiger partial charge is 0.0788 e. The highest BCUT2D eigenvalue weighted by atomic mass is 16.5. The lowest BCUT2D eigenvalue weighted by molar-refractivity contribution is 0.0335. The molecule has 1 aromatic carbocycles. The summed E-state index contributed by atoms with van der Waals surface area (Å²) in [5, 5.41) is 5.99. The van der Waals surface area contributed by atoms with Crippen molar-refractivity contribution in [2.75, 3.05) is 13.7 Å². The van der Waals surface area contributed by atoms with Gasteiger partial charge < -0.3 is 10.1 Å². The van der Waals surface area contributed by atoms with Crippen LogP contribution in [0.4, 0.5) is 0 Å². The number of benzene rings is 1. The second-order valence-electron chi connectivity index (χ2n) is 5.42. The molecule has 3 heteroatoms. The molecule has 1 aromatic heterocycles. The minimum Gasteiger partial charge on any atom is -0.379 e. The number of aromatic nitrogens is 1. The maximum absolute atomic E-state index is 5.75. The molecule has 1 N–H and O–H groups in total. The number of pyridine rings is 1. The molecule has 0 bridgehead atoms. The first-order valence-corrected chi connectivity index (χ1v) is 7.27. The van der Waals surface area contributed by atoms with Gasteiger partial charge in [-0.3, -0.25) is 4.98 Å². The molecule has 1 heterocycles. The summed E-state index contributed by atoms with van der Waals surface area (Å²) in [6, 6.07) is 8.64. The van der Waals surface area contributed by atoms with E-state index in [9.17, 15) is 0 Å². The fourth-order valence-corrected chi connectivity index (χ4v) is 2.82. The van der Waals surface area contributed by atoms with Crippen LogP contribution in [-0.2, 0) is 4.74 Å². The first kappa shape index (κ1) is 14.9. The highest BCUT2D eigenvalue weighted by Crippen LogP contribution is 2.29. The Kier molecular flexibility index (Phi) is 5.10. The lowest BCUT2D eigenvalue weighted by atomic mass is 9.90. The van der Waals surface area contributed by atoms with Gasteiger partial charge >= 0.3 is 0 Å². The predicted octanol–water partition coefficient (Wildman–Crippen LogP) is 3.56. The van der Waals surface area contributed by atoms with Crippen LogP contribution in [0.2, 0.25) is 0 Å². The molecule has 0 saturated heterocycles. The van der Waals surface area contributed by atoms with Gasteiger partial charge in [-0.1, -0.05) is 39.0 Å². The van der Waals surface area contributed by atoms with Crippen LogP contribution in [0, 0.1) is 5.92 Å². The third-order valence-corrected chi connectivity index (χ3v) is 3.73. The van der Waals surface area contributed by atoms with Gasteiger partial charge in [0.15, 0.2) is 0 Å². The number of fused-ring (bicyclic) bond motifs is 1. The molecule has 0 saturated carbocycles. The molecule has 0 radical (unpaired) electrons. The summed E-state index contributed by atoms with van der Waals surface area (Å²) in [4.78, 5) is 4.28. The fourth-order valence-electron chi connectivity index (χ4n) is 2.82. The third kappa shape index (κ3) is 3.00. The zero-order chi connectivity index (χ0) is 14.5. The zero-order valence-corrected chi connectivity index (χ0v) is 12.8. The van der Waals surface area contributed by atoms with E-state index in [-0.39, 0.29) is 12.1 Å². The van der Waals surface area contributed by atoms with Crippen LogP contribution >= 0.6 is 0 Å².